The monoisotopic (exact) mass is 230 g/mol. The van der Waals surface area contributed by atoms with Gasteiger partial charge in [-0.2, -0.15) is 0 Å². The Hall–Kier alpha value is -1.55. The van der Waals surface area contributed by atoms with Gasteiger partial charge >= 0.3 is 0 Å². The lowest BCUT2D eigenvalue weighted by Crippen LogP contribution is -2.16. The Kier molecular flexibility index (Phi) is 2.52. The summed E-state index contributed by atoms with van der Waals surface area (Å²) in [6, 6.07) is 4.72. The van der Waals surface area contributed by atoms with Crippen LogP contribution in [0.25, 0.3) is 5.52 Å². The predicted molar refractivity (Wildman–Crippen MR) is 69.5 cm³/mol. The SMILES string of the molecule is CN(C)c1ccn2c(C3CCCN3)ncc2c1. The highest BCUT2D eigenvalue weighted by atomic mass is 15.1. The van der Waals surface area contributed by atoms with Gasteiger partial charge in [0.1, 0.15) is 5.82 Å². The van der Waals surface area contributed by atoms with Gasteiger partial charge in [0.2, 0.25) is 0 Å². The molecule has 4 nitrogen and oxygen atoms in total. The zero-order valence-corrected chi connectivity index (χ0v) is 10.3. The van der Waals surface area contributed by atoms with Gasteiger partial charge in [-0.1, -0.05) is 0 Å². The molecule has 1 aliphatic rings. The number of nitrogens with zero attached hydrogens (tertiary/aromatic N) is 3. The van der Waals surface area contributed by atoms with Crippen molar-refractivity contribution in [3.05, 3.63) is 30.4 Å². The summed E-state index contributed by atoms with van der Waals surface area (Å²) in [4.78, 5) is 6.67. The van der Waals surface area contributed by atoms with Crippen LogP contribution in [-0.4, -0.2) is 30.0 Å². The molecular weight excluding hydrogens is 212 g/mol. The molecule has 0 saturated carbocycles. The van der Waals surface area contributed by atoms with Crippen molar-refractivity contribution < 1.29 is 0 Å². The number of rotatable bonds is 2. The molecule has 2 aromatic rings. The van der Waals surface area contributed by atoms with E-state index in [-0.39, 0.29) is 0 Å². The number of hydrogen-bond donors (Lipinski definition) is 1. The van der Waals surface area contributed by atoms with E-state index < -0.39 is 0 Å². The molecule has 4 heteroatoms. The average Bonchev–Trinajstić information content (AvgIpc) is 2.96. The summed E-state index contributed by atoms with van der Waals surface area (Å²) in [6.07, 6.45) is 6.51. The largest absolute Gasteiger partial charge is 0.378 e. The first kappa shape index (κ1) is 10.6. The Morgan fingerprint density at radius 3 is 3.06 bits per heavy atom. The van der Waals surface area contributed by atoms with Gasteiger partial charge in [-0.3, -0.25) is 0 Å². The van der Waals surface area contributed by atoms with Crippen LogP contribution >= 0.6 is 0 Å². The number of hydrogen-bond acceptors (Lipinski definition) is 3. The van der Waals surface area contributed by atoms with Crippen LogP contribution in [-0.2, 0) is 0 Å². The van der Waals surface area contributed by atoms with Crippen LogP contribution in [0.3, 0.4) is 0 Å². The van der Waals surface area contributed by atoms with Gasteiger partial charge in [-0.15, -0.1) is 0 Å². The fourth-order valence-electron chi connectivity index (χ4n) is 2.45. The number of anilines is 1. The molecule has 3 rings (SSSR count). The van der Waals surface area contributed by atoms with Crippen LogP contribution < -0.4 is 10.2 Å². The first-order chi connectivity index (χ1) is 8.25. The summed E-state index contributed by atoms with van der Waals surface area (Å²) in [6.45, 7) is 1.11. The van der Waals surface area contributed by atoms with E-state index in [1.165, 1.54) is 24.0 Å². The normalized spacial score (nSPS) is 20.0. The third-order valence-electron chi connectivity index (χ3n) is 3.43. The standard InChI is InChI=1S/C13H18N4/c1-16(2)10-5-7-17-11(8-10)9-15-13(17)12-4-3-6-14-12/h5,7-9,12,14H,3-4,6H2,1-2H3. The molecule has 90 valence electrons. The first-order valence-corrected chi connectivity index (χ1v) is 6.13. The molecule has 1 aliphatic heterocycles. The molecule has 1 atom stereocenters. The van der Waals surface area contributed by atoms with Crippen molar-refractivity contribution in [3.63, 3.8) is 0 Å². The predicted octanol–water partition coefficient (Wildman–Crippen LogP) is 1.82. The van der Waals surface area contributed by atoms with Crippen LogP contribution in [0.2, 0.25) is 0 Å². The summed E-state index contributed by atoms with van der Waals surface area (Å²) >= 11 is 0. The van der Waals surface area contributed by atoms with Gasteiger partial charge in [0, 0.05) is 26.0 Å². The molecule has 1 fully saturated rings. The lowest BCUT2D eigenvalue weighted by atomic mass is 10.2. The third-order valence-corrected chi connectivity index (χ3v) is 3.43. The number of fused-ring (bicyclic) bond motifs is 1. The molecule has 1 saturated heterocycles. The molecule has 0 aromatic carbocycles. The molecule has 17 heavy (non-hydrogen) atoms. The Morgan fingerprint density at radius 1 is 1.47 bits per heavy atom. The minimum Gasteiger partial charge on any atom is -0.378 e. The molecule has 0 radical (unpaired) electrons. The third kappa shape index (κ3) is 1.78. The van der Waals surface area contributed by atoms with E-state index in [1.54, 1.807) is 0 Å². The van der Waals surface area contributed by atoms with Gasteiger partial charge in [0.15, 0.2) is 0 Å². The molecule has 3 heterocycles. The maximum atomic E-state index is 4.56. The van der Waals surface area contributed by atoms with E-state index in [0.29, 0.717) is 6.04 Å². The second-order valence-corrected chi connectivity index (χ2v) is 4.84. The average molecular weight is 230 g/mol. The Bertz CT molecular complexity index is 523. The fourth-order valence-corrected chi connectivity index (χ4v) is 2.45. The Morgan fingerprint density at radius 2 is 2.35 bits per heavy atom. The van der Waals surface area contributed by atoms with Crippen LogP contribution in [0, 0.1) is 0 Å². The topological polar surface area (TPSA) is 32.6 Å². The second-order valence-electron chi connectivity index (χ2n) is 4.84. The van der Waals surface area contributed by atoms with Crippen molar-refractivity contribution in [1.29, 1.82) is 0 Å². The summed E-state index contributed by atoms with van der Waals surface area (Å²) in [5, 5.41) is 3.49. The molecule has 2 aromatic heterocycles. The number of imidazole rings is 1. The summed E-state index contributed by atoms with van der Waals surface area (Å²) in [5.74, 6) is 1.14. The summed E-state index contributed by atoms with van der Waals surface area (Å²) in [5.41, 5.74) is 2.38. The van der Waals surface area contributed by atoms with E-state index >= 15 is 0 Å². The van der Waals surface area contributed by atoms with Gasteiger partial charge in [0.25, 0.3) is 0 Å². The maximum absolute atomic E-state index is 4.56. The molecule has 0 bridgehead atoms. The molecule has 1 unspecified atom stereocenters. The zero-order chi connectivity index (χ0) is 11.8. The van der Waals surface area contributed by atoms with Gasteiger partial charge < -0.3 is 14.6 Å². The fraction of sp³-hybridized carbons (Fsp3) is 0.462. The highest BCUT2D eigenvalue weighted by Gasteiger charge is 2.20. The molecule has 0 aliphatic carbocycles. The van der Waals surface area contributed by atoms with Crippen molar-refractivity contribution in [2.24, 2.45) is 0 Å². The first-order valence-electron chi connectivity index (χ1n) is 6.13. The maximum Gasteiger partial charge on any atom is 0.130 e. The smallest absolute Gasteiger partial charge is 0.130 e. The van der Waals surface area contributed by atoms with Crippen molar-refractivity contribution in [2.75, 3.05) is 25.5 Å². The van der Waals surface area contributed by atoms with Crippen LogP contribution in [0.1, 0.15) is 24.7 Å². The Labute approximate surface area is 101 Å². The van der Waals surface area contributed by atoms with Crippen LogP contribution in [0.4, 0.5) is 5.69 Å². The summed E-state index contributed by atoms with van der Waals surface area (Å²) in [7, 11) is 4.11. The minimum absolute atomic E-state index is 0.419. The molecular formula is C13H18N4. The van der Waals surface area contributed by atoms with Crippen molar-refractivity contribution in [1.82, 2.24) is 14.7 Å². The van der Waals surface area contributed by atoms with Gasteiger partial charge in [-0.25, -0.2) is 4.98 Å². The van der Waals surface area contributed by atoms with Crippen molar-refractivity contribution in [2.45, 2.75) is 18.9 Å². The van der Waals surface area contributed by atoms with Crippen LogP contribution in [0.15, 0.2) is 24.5 Å². The lowest BCUT2D eigenvalue weighted by molar-refractivity contribution is 0.602. The highest BCUT2D eigenvalue weighted by Crippen LogP contribution is 2.24. The number of nitrogens with one attached hydrogen (secondary N) is 1. The van der Waals surface area contributed by atoms with Crippen molar-refractivity contribution in [3.8, 4) is 0 Å². The lowest BCUT2D eigenvalue weighted by Gasteiger charge is -2.13. The Balaban J connectivity index is 2.04. The minimum atomic E-state index is 0.419. The molecule has 1 N–H and O–H groups in total. The van der Waals surface area contributed by atoms with Gasteiger partial charge in [-0.05, 0) is 31.5 Å². The van der Waals surface area contributed by atoms with Gasteiger partial charge in [0.05, 0.1) is 17.8 Å². The second kappa shape index (κ2) is 4.04. The van der Waals surface area contributed by atoms with E-state index in [9.17, 15) is 0 Å². The van der Waals surface area contributed by atoms with E-state index in [2.05, 4.69) is 52.0 Å². The van der Waals surface area contributed by atoms with E-state index in [4.69, 9.17) is 0 Å². The van der Waals surface area contributed by atoms with Crippen molar-refractivity contribution >= 4 is 11.2 Å². The molecule has 0 amide bonds. The summed E-state index contributed by atoms with van der Waals surface area (Å²) < 4.78 is 2.19. The quantitative estimate of drug-likeness (QED) is 0.854. The zero-order valence-electron chi connectivity index (χ0n) is 10.3. The van der Waals surface area contributed by atoms with E-state index in [1.807, 2.05) is 6.20 Å². The number of pyridine rings is 1. The number of aromatic nitrogens is 2. The van der Waals surface area contributed by atoms with Crippen LogP contribution in [0.5, 0.6) is 0 Å². The van der Waals surface area contributed by atoms with E-state index in [0.717, 1.165) is 12.4 Å². The highest BCUT2D eigenvalue weighted by molar-refractivity contribution is 5.59. The molecule has 0 spiro atoms.